The highest BCUT2D eigenvalue weighted by Crippen LogP contribution is 2.36. The molecule has 0 radical (unpaired) electrons. The Balaban J connectivity index is 0.626. The third-order valence-electron chi connectivity index (χ3n) is 12.6. The van der Waals surface area contributed by atoms with Gasteiger partial charge in [0.2, 0.25) is 5.91 Å². The number of fused-ring (bicyclic) bond motifs is 3. The maximum atomic E-state index is 15.3. The number of aryl methyl sites for hydroxylation is 1. The molecule has 72 heavy (non-hydrogen) atoms. The molecule has 4 aromatic carbocycles. The van der Waals surface area contributed by atoms with Crippen LogP contribution in [0.15, 0.2) is 103 Å². The number of thiophene rings is 1. The van der Waals surface area contributed by atoms with Crippen LogP contribution >= 0.6 is 11.3 Å². The van der Waals surface area contributed by atoms with Gasteiger partial charge >= 0.3 is 0 Å². The molecule has 382 valence electrons. The minimum absolute atomic E-state index is 0.0128. The number of hydrogen-bond acceptors (Lipinski definition) is 12. The number of hydrogen-bond donors (Lipinski definition) is 3. The average molecular weight is 1000 g/mol. The molecule has 3 heterocycles. The van der Waals surface area contributed by atoms with E-state index in [0.717, 1.165) is 49.8 Å². The Morgan fingerprint density at radius 2 is 1.57 bits per heavy atom. The lowest BCUT2D eigenvalue weighted by molar-refractivity contribution is -0.114. The van der Waals surface area contributed by atoms with Gasteiger partial charge in [0.15, 0.2) is 5.82 Å². The van der Waals surface area contributed by atoms with Gasteiger partial charge in [0, 0.05) is 64.8 Å². The van der Waals surface area contributed by atoms with Crippen molar-refractivity contribution < 1.29 is 42.4 Å². The first-order valence-electron chi connectivity index (χ1n) is 25.0. The predicted octanol–water partition coefficient (Wildman–Crippen LogP) is 9.49. The van der Waals surface area contributed by atoms with Gasteiger partial charge in [-0.25, -0.2) is 9.07 Å². The summed E-state index contributed by atoms with van der Waals surface area (Å²) in [4.78, 5) is 26.5. The van der Waals surface area contributed by atoms with Crippen LogP contribution in [0.3, 0.4) is 0 Å². The zero-order valence-electron chi connectivity index (χ0n) is 41.4. The maximum absolute atomic E-state index is 15.3. The number of carbonyl (C=O) groups is 2. The summed E-state index contributed by atoms with van der Waals surface area (Å²) in [5.74, 6) is -1.54. The van der Waals surface area contributed by atoms with Gasteiger partial charge in [0.1, 0.15) is 23.2 Å². The van der Waals surface area contributed by atoms with E-state index in [9.17, 15) is 9.59 Å². The molecule has 0 spiro atoms. The predicted molar refractivity (Wildman–Crippen MR) is 278 cm³/mol. The number of nitrogens with zero attached hydrogens (tertiary/aromatic N) is 4. The topological polar surface area (TPSA) is 161 Å². The molecule has 15 nitrogen and oxygen atoms in total. The summed E-state index contributed by atoms with van der Waals surface area (Å²) in [5.41, 5.74) is 6.66. The van der Waals surface area contributed by atoms with Crippen LogP contribution in [0.1, 0.15) is 79.7 Å². The Bertz CT molecular complexity index is 2810. The van der Waals surface area contributed by atoms with Gasteiger partial charge in [-0.15, -0.1) is 16.4 Å². The van der Waals surface area contributed by atoms with E-state index in [0.29, 0.717) is 78.8 Å². The van der Waals surface area contributed by atoms with E-state index in [1.165, 1.54) is 50.8 Å². The molecule has 0 aliphatic heterocycles. The lowest BCUT2D eigenvalue weighted by atomic mass is 9.92. The van der Waals surface area contributed by atoms with E-state index in [1.807, 2.05) is 43.5 Å². The molecule has 1 saturated carbocycles. The number of carbonyl (C=O) groups excluding carboxylic acids is 2. The quantitative estimate of drug-likeness (QED) is 0.0401. The Morgan fingerprint density at radius 1 is 0.819 bits per heavy atom. The molecule has 2 amide bonds. The maximum Gasteiger partial charge on any atom is 0.251 e. The van der Waals surface area contributed by atoms with E-state index >= 15 is 4.39 Å². The second-order valence-electron chi connectivity index (χ2n) is 17.8. The minimum atomic E-state index is -0.752. The summed E-state index contributed by atoms with van der Waals surface area (Å²) < 4.78 is 54.5. The zero-order chi connectivity index (χ0) is 50.1. The van der Waals surface area contributed by atoms with E-state index < -0.39 is 23.7 Å². The third kappa shape index (κ3) is 14.6. The molecule has 7 aromatic rings. The first kappa shape index (κ1) is 52.3. The Labute approximate surface area is 424 Å². The largest absolute Gasteiger partial charge is 0.484 e. The lowest BCUT2D eigenvalue weighted by Crippen LogP contribution is -2.39. The van der Waals surface area contributed by atoms with Crippen molar-refractivity contribution in [3.05, 3.63) is 131 Å². The van der Waals surface area contributed by atoms with Crippen molar-refractivity contribution >= 4 is 50.6 Å². The number of amides is 2. The highest BCUT2D eigenvalue weighted by Gasteiger charge is 2.26. The number of aromatic nitrogens is 4. The molecule has 8 rings (SSSR count). The van der Waals surface area contributed by atoms with E-state index in [4.69, 9.17) is 28.4 Å². The monoisotopic (exact) mass is 1000 g/mol. The SMILES string of the molecule is CCn1c2ccc(CNCCOCCOCCOCCOCCn3cc(COC4CCC(NC(=O)c5cc(F)c(NC(C)=O)c(O[C@@H](C)c6ccccc6)c5)CC4)nn3)cc2c2ccc(-c3cccs3)cc21. The summed E-state index contributed by atoms with van der Waals surface area (Å²) in [6.07, 6.45) is 4.32. The molecule has 0 bridgehead atoms. The van der Waals surface area contributed by atoms with Crippen LogP contribution in [0, 0.1) is 5.82 Å². The number of benzene rings is 4. The summed E-state index contributed by atoms with van der Waals surface area (Å²) in [6, 6.07) is 29.8. The van der Waals surface area contributed by atoms with Crippen LogP contribution in [-0.4, -0.2) is 103 Å². The first-order chi connectivity index (χ1) is 35.2. The van der Waals surface area contributed by atoms with Crippen molar-refractivity contribution in [3.63, 3.8) is 0 Å². The fourth-order valence-corrected chi connectivity index (χ4v) is 9.66. The van der Waals surface area contributed by atoms with Gasteiger partial charge in [0.25, 0.3) is 5.91 Å². The number of rotatable bonds is 28. The van der Waals surface area contributed by atoms with Crippen LogP contribution < -0.4 is 20.7 Å². The molecular weight excluding hydrogens is 938 g/mol. The average Bonchev–Trinajstić information content (AvgIpc) is 4.17. The molecule has 1 atom stereocenters. The van der Waals surface area contributed by atoms with Crippen molar-refractivity contribution in [2.75, 3.05) is 64.7 Å². The summed E-state index contributed by atoms with van der Waals surface area (Å²) in [5, 5.41) is 22.2. The summed E-state index contributed by atoms with van der Waals surface area (Å²) in [7, 11) is 0. The molecule has 0 unspecified atom stereocenters. The summed E-state index contributed by atoms with van der Waals surface area (Å²) in [6.45, 7) is 12.7. The van der Waals surface area contributed by atoms with Crippen LogP contribution in [0.5, 0.6) is 5.75 Å². The van der Waals surface area contributed by atoms with Gasteiger partial charge in [-0.3, -0.25) is 9.59 Å². The third-order valence-corrected chi connectivity index (χ3v) is 13.6. The number of halogens is 1. The highest BCUT2D eigenvalue weighted by molar-refractivity contribution is 7.13. The van der Waals surface area contributed by atoms with Gasteiger partial charge < -0.3 is 48.9 Å². The fraction of sp³-hybridized carbons (Fsp3) is 0.418. The van der Waals surface area contributed by atoms with Crippen molar-refractivity contribution in [2.24, 2.45) is 0 Å². The van der Waals surface area contributed by atoms with Gasteiger partial charge in [-0.1, -0.05) is 59.8 Å². The molecule has 1 aliphatic rings. The lowest BCUT2D eigenvalue weighted by Gasteiger charge is -2.29. The van der Waals surface area contributed by atoms with Crippen molar-refractivity contribution in [3.8, 4) is 16.2 Å². The first-order valence-corrected chi connectivity index (χ1v) is 25.8. The van der Waals surface area contributed by atoms with Crippen LogP contribution in [0.2, 0.25) is 0 Å². The van der Waals surface area contributed by atoms with Crippen LogP contribution in [-0.2, 0) is 54.7 Å². The second-order valence-corrected chi connectivity index (χ2v) is 18.8. The Kier molecular flexibility index (Phi) is 19.3. The number of anilines is 1. The number of nitrogens with one attached hydrogen (secondary N) is 3. The van der Waals surface area contributed by atoms with E-state index in [-0.39, 0.29) is 29.1 Å². The molecule has 0 saturated heterocycles. The highest BCUT2D eigenvalue weighted by atomic mass is 32.1. The molecule has 3 N–H and O–H groups in total. The van der Waals surface area contributed by atoms with Crippen molar-refractivity contribution in [1.82, 2.24) is 30.2 Å². The summed E-state index contributed by atoms with van der Waals surface area (Å²) >= 11 is 1.77. The Hall–Kier alpha value is -6.05. The fourth-order valence-electron chi connectivity index (χ4n) is 8.94. The zero-order valence-corrected chi connectivity index (χ0v) is 42.2. The van der Waals surface area contributed by atoms with Gasteiger partial charge in [-0.05, 0) is 98.0 Å². The van der Waals surface area contributed by atoms with Crippen molar-refractivity contribution in [2.45, 2.75) is 90.9 Å². The molecule has 3 aromatic heterocycles. The minimum Gasteiger partial charge on any atom is -0.484 e. The van der Waals surface area contributed by atoms with Crippen LogP contribution in [0.25, 0.3) is 32.2 Å². The smallest absolute Gasteiger partial charge is 0.251 e. The van der Waals surface area contributed by atoms with E-state index in [1.54, 1.807) is 16.0 Å². The molecule has 1 fully saturated rings. The van der Waals surface area contributed by atoms with Crippen LogP contribution in [0.4, 0.5) is 10.1 Å². The standard InChI is InChI=1S/C55H66FN7O8S/c1-4-63-50-19-12-40(31-48(50)47-18-13-42(33-51(47)63)53-11-8-30-72-53)35-57-20-22-66-24-26-68-28-29-69-27-25-67-23-21-62-36-45(60-61-62)37-70-46-16-14-44(15-17-46)59-55(65)43-32-49(56)54(58-39(3)64)52(34-43)71-38(2)41-9-6-5-7-10-41/h5-13,18-19,30-34,36,38,44,46,57H,4,14-17,20-29,35,37H2,1-3H3,(H,58,64)(H,59,65)/t38-,44?,46?/m0/s1. The van der Waals surface area contributed by atoms with Gasteiger partial charge in [-0.2, -0.15) is 0 Å². The van der Waals surface area contributed by atoms with Gasteiger partial charge in [0.05, 0.1) is 78.3 Å². The Morgan fingerprint density at radius 3 is 2.29 bits per heavy atom. The second kappa shape index (κ2) is 26.6. The number of ether oxygens (including phenoxy) is 6. The van der Waals surface area contributed by atoms with E-state index in [2.05, 4.69) is 91.7 Å². The molecular formula is C55H66FN7O8S. The normalized spacial score (nSPS) is 15.3. The molecule has 1 aliphatic carbocycles. The van der Waals surface area contributed by atoms with Crippen molar-refractivity contribution in [1.29, 1.82) is 0 Å². The molecule has 17 heteroatoms.